The van der Waals surface area contributed by atoms with Crippen molar-refractivity contribution >= 4 is 27.5 Å². The Kier molecular flexibility index (Phi) is 4.93. The SMILES string of the molecule is [2H]c1c(Cl)c(Oc2c[nH]c(=O)c(C(C)C)n2)c(Br)c([2H])c1-n1nc(C#N)c(=O)[nH]c1=O. The number of benzene rings is 1. The van der Waals surface area contributed by atoms with Gasteiger partial charge in [0.05, 0.1) is 24.1 Å². The summed E-state index contributed by atoms with van der Waals surface area (Å²) in [5, 5.41) is 12.3. The lowest BCUT2D eigenvalue weighted by molar-refractivity contribution is 0.452. The van der Waals surface area contributed by atoms with Gasteiger partial charge in [-0.1, -0.05) is 25.4 Å². The molecule has 0 unspecified atom stereocenters. The Balaban J connectivity index is 2.20. The summed E-state index contributed by atoms with van der Waals surface area (Å²) in [6.07, 6.45) is 1.20. The minimum absolute atomic E-state index is 0.0384. The van der Waals surface area contributed by atoms with E-state index >= 15 is 0 Å². The van der Waals surface area contributed by atoms with Gasteiger partial charge in [0.25, 0.3) is 11.1 Å². The average Bonchev–Trinajstić information content (AvgIpc) is 2.72. The maximum atomic E-state index is 12.2. The minimum Gasteiger partial charge on any atom is -0.435 e. The van der Waals surface area contributed by atoms with Gasteiger partial charge in [0, 0.05) is 5.92 Å². The van der Waals surface area contributed by atoms with Crippen molar-refractivity contribution in [3.05, 3.63) is 70.4 Å². The molecule has 1 aromatic carbocycles. The number of nitriles is 1. The van der Waals surface area contributed by atoms with Crippen molar-refractivity contribution in [1.82, 2.24) is 24.7 Å². The summed E-state index contributed by atoms with van der Waals surface area (Å²) < 4.78 is 22.7. The van der Waals surface area contributed by atoms with E-state index in [4.69, 9.17) is 24.3 Å². The third-order valence-electron chi connectivity index (χ3n) is 3.54. The fourth-order valence-corrected chi connectivity index (χ4v) is 3.02. The predicted molar refractivity (Wildman–Crippen MR) is 107 cm³/mol. The van der Waals surface area contributed by atoms with E-state index in [1.54, 1.807) is 13.8 Å². The number of H-pyrrole nitrogens is 2. The number of aromatic amines is 2. The molecule has 3 rings (SSSR count). The molecule has 2 N–H and O–H groups in total. The number of ether oxygens (including phenoxy) is 1. The minimum atomic E-state index is -1.06. The molecular weight excluding hydrogens is 468 g/mol. The molecule has 0 saturated heterocycles. The first-order chi connectivity index (χ1) is 14.6. The van der Waals surface area contributed by atoms with Crippen LogP contribution in [-0.4, -0.2) is 24.7 Å². The first kappa shape index (κ1) is 17.8. The van der Waals surface area contributed by atoms with Crippen LogP contribution >= 0.6 is 27.5 Å². The number of hydrogen-bond donors (Lipinski definition) is 2. The summed E-state index contributed by atoms with van der Waals surface area (Å²) in [5.41, 5.74) is -3.26. The lowest BCUT2D eigenvalue weighted by Crippen LogP contribution is -2.33. The van der Waals surface area contributed by atoms with E-state index in [-0.39, 0.29) is 44.0 Å². The Morgan fingerprint density at radius 3 is 2.72 bits per heavy atom. The number of rotatable bonds is 4. The first-order valence-corrected chi connectivity index (χ1v) is 9.13. The summed E-state index contributed by atoms with van der Waals surface area (Å²) in [5.74, 6) is -0.393. The highest BCUT2D eigenvalue weighted by atomic mass is 79.9. The fraction of sp³-hybridized carbons (Fsp3) is 0.176. The maximum Gasteiger partial charge on any atom is 0.349 e. The standard InChI is InChI=1S/C17H12BrClN6O4/c1-7(2)13-16(27)21-6-12(22-13)29-14-9(18)3-8(4-10(14)19)25-17(28)23-15(26)11(5-20)24-25/h3-4,6-7H,1-2H3,(H,21,27)(H,23,26,28)/i3D,4D. The van der Waals surface area contributed by atoms with E-state index < -0.39 is 29.0 Å². The molecule has 2 heterocycles. The van der Waals surface area contributed by atoms with Crippen molar-refractivity contribution in [3.8, 4) is 23.4 Å². The van der Waals surface area contributed by atoms with Crippen molar-refractivity contribution in [2.24, 2.45) is 0 Å². The number of nitrogens with zero attached hydrogens (tertiary/aromatic N) is 4. The van der Waals surface area contributed by atoms with Gasteiger partial charge >= 0.3 is 5.69 Å². The Labute approximate surface area is 178 Å². The van der Waals surface area contributed by atoms with Crippen LogP contribution in [0, 0.1) is 11.3 Å². The van der Waals surface area contributed by atoms with Crippen LogP contribution < -0.4 is 21.5 Å². The molecule has 0 aliphatic heterocycles. The number of nitrogens with one attached hydrogen (secondary N) is 2. The highest BCUT2D eigenvalue weighted by molar-refractivity contribution is 9.10. The summed E-state index contributed by atoms with van der Waals surface area (Å²) in [7, 11) is 0. The van der Waals surface area contributed by atoms with E-state index in [2.05, 4.69) is 31.0 Å². The van der Waals surface area contributed by atoms with Crippen LogP contribution in [0.15, 0.2) is 37.1 Å². The van der Waals surface area contributed by atoms with E-state index in [9.17, 15) is 14.4 Å². The first-order valence-electron chi connectivity index (χ1n) is 8.96. The molecule has 0 fully saturated rings. The van der Waals surface area contributed by atoms with Gasteiger partial charge in [-0.15, -0.1) is 5.10 Å². The Morgan fingerprint density at radius 1 is 1.34 bits per heavy atom. The third kappa shape index (κ3) is 4.13. The molecular formula is C17H12BrClN6O4. The molecule has 0 atom stereocenters. The van der Waals surface area contributed by atoms with Crippen LogP contribution in [0.4, 0.5) is 0 Å². The maximum absolute atomic E-state index is 12.2. The summed E-state index contributed by atoms with van der Waals surface area (Å²) in [6, 6.07) is 0.568. The second-order valence-corrected chi connectivity index (χ2v) is 7.07. The molecule has 0 amide bonds. The van der Waals surface area contributed by atoms with Gasteiger partial charge in [0.1, 0.15) is 11.8 Å². The number of hydrogen-bond acceptors (Lipinski definition) is 7. The second kappa shape index (κ2) is 8.02. The Morgan fingerprint density at radius 2 is 2.07 bits per heavy atom. The number of aromatic nitrogens is 5. The highest BCUT2D eigenvalue weighted by Crippen LogP contribution is 2.37. The van der Waals surface area contributed by atoms with Gasteiger partial charge in [-0.2, -0.15) is 9.94 Å². The third-order valence-corrected chi connectivity index (χ3v) is 4.37. The summed E-state index contributed by atoms with van der Waals surface area (Å²) in [6.45, 7) is 3.54. The Hall–Kier alpha value is -3.23. The van der Waals surface area contributed by atoms with Gasteiger partial charge in [0.15, 0.2) is 5.75 Å². The molecule has 12 heteroatoms. The van der Waals surface area contributed by atoms with Crippen LogP contribution in [0.1, 0.15) is 33.9 Å². The van der Waals surface area contributed by atoms with Crippen molar-refractivity contribution < 1.29 is 7.48 Å². The van der Waals surface area contributed by atoms with Gasteiger partial charge in [-0.25, -0.2) is 9.78 Å². The van der Waals surface area contributed by atoms with Crippen LogP contribution in [0.3, 0.4) is 0 Å². The molecule has 10 nitrogen and oxygen atoms in total. The molecule has 0 radical (unpaired) electrons. The van der Waals surface area contributed by atoms with Crippen molar-refractivity contribution in [2.45, 2.75) is 19.8 Å². The zero-order valence-electron chi connectivity index (χ0n) is 16.8. The monoisotopic (exact) mass is 480 g/mol. The molecule has 0 spiro atoms. The molecule has 0 aliphatic rings. The van der Waals surface area contributed by atoms with Crippen LogP contribution in [0.5, 0.6) is 11.6 Å². The number of halogens is 2. The lowest BCUT2D eigenvalue weighted by Gasteiger charge is -2.12. The van der Waals surface area contributed by atoms with Crippen LogP contribution in [-0.2, 0) is 0 Å². The summed E-state index contributed by atoms with van der Waals surface area (Å²) >= 11 is 9.41. The highest BCUT2D eigenvalue weighted by Gasteiger charge is 2.16. The molecule has 3 aromatic rings. The van der Waals surface area contributed by atoms with E-state index in [1.807, 2.05) is 4.98 Å². The van der Waals surface area contributed by atoms with Crippen molar-refractivity contribution in [1.29, 1.82) is 5.26 Å². The largest absolute Gasteiger partial charge is 0.435 e. The average molecular weight is 482 g/mol. The predicted octanol–water partition coefficient (Wildman–Crippen LogP) is 2.21. The zero-order chi connectivity index (χ0) is 23.0. The van der Waals surface area contributed by atoms with E-state index in [1.165, 1.54) is 12.3 Å². The van der Waals surface area contributed by atoms with Crippen LogP contribution in [0.2, 0.25) is 5.02 Å². The summed E-state index contributed by atoms with van der Waals surface area (Å²) in [4.78, 5) is 44.1. The smallest absolute Gasteiger partial charge is 0.349 e. The van der Waals surface area contributed by atoms with Crippen molar-refractivity contribution in [2.75, 3.05) is 0 Å². The Bertz CT molecular complexity index is 1400. The van der Waals surface area contributed by atoms with Crippen molar-refractivity contribution in [3.63, 3.8) is 0 Å². The lowest BCUT2D eigenvalue weighted by atomic mass is 10.1. The molecule has 148 valence electrons. The zero-order valence-corrected chi connectivity index (χ0v) is 17.2. The van der Waals surface area contributed by atoms with Crippen LogP contribution in [0.25, 0.3) is 5.69 Å². The van der Waals surface area contributed by atoms with E-state index in [0.717, 1.165) is 0 Å². The molecule has 0 saturated carbocycles. The second-order valence-electron chi connectivity index (χ2n) is 5.90. The van der Waals surface area contributed by atoms with Gasteiger partial charge < -0.3 is 9.72 Å². The molecule has 0 bridgehead atoms. The van der Waals surface area contributed by atoms with Gasteiger partial charge in [-0.3, -0.25) is 14.6 Å². The van der Waals surface area contributed by atoms with Gasteiger partial charge in [0.2, 0.25) is 11.6 Å². The fourth-order valence-electron chi connectivity index (χ4n) is 2.22. The topological polar surface area (TPSA) is 147 Å². The molecule has 2 aromatic heterocycles. The normalized spacial score (nSPS) is 11.7. The quantitative estimate of drug-likeness (QED) is 0.580. The van der Waals surface area contributed by atoms with E-state index in [0.29, 0.717) is 4.68 Å². The molecule has 0 aliphatic carbocycles. The van der Waals surface area contributed by atoms with Gasteiger partial charge in [-0.05, 0) is 28.0 Å². The molecule has 29 heavy (non-hydrogen) atoms.